The first-order chi connectivity index (χ1) is 15.6. The van der Waals surface area contributed by atoms with Gasteiger partial charge in [-0.05, 0) is 108 Å². The van der Waals surface area contributed by atoms with Gasteiger partial charge in [0.1, 0.15) is 0 Å². The molecule has 0 aromatic heterocycles. The van der Waals surface area contributed by atoms with Crippen molar-refractivity contribution in [3.05, 3.63) is 23.3 Å². The maximum atomic E-state index is 10.0. The van der Waals surface area contributed by atoms with Gasteiger partial charge in [0.15, 0.2) is 0 Å². The smallest absolute Gasteiger partial charge is 0.0777 e. The molecule has 4 aliphatic rings. The maximum Gasteiger partial charge on any atom is 0.0777 e. The maximum absolute atomic E-state index is 10.0. The SMILES string of the molecule is COC(C)(C)[C@H]1CCCN1CC(C)[C@H]1CC[C@H]2/C(=C/C=C3C[C@@H](O)C[C@H](O)C3)CCC[C@]12C. The molecule has 0 radical (unpaired) electrons. The third kappa shape index (κ3) is 5.29. The first-order valence-electron chi connectivity index (χ1n) is 13.7. The number of aliphatic hydroxyl groups is 2. The summed E-state index contributed by atoms with van der Waals surface area (Å²) in [5, 5.41) is 20.1. The Morgan fingerprint density at radius 3 is 2.55 bits per heavy atom. The third-order valence-corrected chi connectivity index (χ3v) is 10.0. The van der Waals surface area contributed by atoms with Crippen LogP contribution in [0.3, 0.4) is 0 Å². The van der Waals surface area contributed by atoms with Crippen molar-refractivity contribution >= 4 is 0 Å². The molecule has 4 fully saturated rings. The molecule has 1 aliphatic heterocycles. The van der Waals surface area contributed by atoms with Gasteiger partial charge in [0.05, 0.1) is 17.8 Å². The van der Waals surface area contributed by atoms with Crippen molar-refractivity contribution in [1.29, 1.82) is 0 Å². The van der Waals surface area contributed by atoms with Crippen LogP contribution in [0.4, 0.5) is 0 Å². The fourth-order valence-corrected chi connectivity index (χ4v) is 8.21. The monoisotopic (exact) mass is 459 g/mol. The topological polar surface area (TPSA) is 52.9 Å². The van der Waals surface area contributed by atoms with Crippen LogP contribution in [0, 0.1) is 23.2 Å². The van der Waals surface area contributed by atoms with Crippen LogP contribution in [0.5, 0.6) is 0 Å². The standard InChI is InChI=1S/C29H49NO3/c1-20(19-30-15-7-9-27(30)28(2,3)33-5)25-12-13-26-22(8-6-14-29(25,26)4)11-10-21-16-23(31)18-24(32)17-21/h10-11,20,23-27,31-32H,6-9,12-19H2,1-5H3/b22-11+/t20?,23-,24-,25-,26+,27-,29-/m1/s1. The normalized spacial score (nSPS) is 40.3. The fourth-order valence-electron chi connectivity index (χ4n) is 8.21. The number of nitrogens with zero attached hydrogens (tertiary/aromatic N) is 1. The lowest BCUT2D eigenvalue weighted by atomic mass is 9.61. The van der Waals surface area contributed by atoms with Gasteiger partial charge < -0.3 is 14.9 Å². The molecule has 7 atom stereocenters. The zero-order valence-electron chi connectivity index (χ0n) is 21.9. The van der Waals surface area contributed by atoms with E-state index in [1.54, 1.807) is 5.57 Å². The highest BCUT2D eigenvalue weighted by molar-refractivity contribution is 5.26. The Labute approximate surface area is 202 Å². The van der Waals surface area contributed by atoms with Crippen LogP contribution in [-0.4, -0.2) is 59.2 Å². The molecular formula is C29H49NO3. The molecule has 0 aromatic rings. The first-order valence-corrected chi connectivity index (χ1v) is 13.7. The molecule has 0 spiro atoms. The largest absolute Gasteiger partial charge is 0.393 e. The van der Waals surface area contributed by atoms with Crippen molar-refractivity contribution in [3.8, 4) is 0 Å². The van der Waals surface area contributed by atoms with Crippen LogP contribution in [0.15, 0.2) is 23.3 Å². The van der Waals surface area contributed by atoms with E-state index in [4.69, 9.17) is 4.74 Å². The van der Waals surface area contributed by atoms with E-state index in [0.29, 0.717) is 29.7 Å². The van der Waals surface area contributed by atoms with Gasteiger partial charge in [-0.1, -0.05) is 37.1 Å². The van der Waals surface area contributed by atoms with E-state index in [-0.39, 0.29) is 17.8 Å². The van der Waals surface area contributed by atoms with Crippen LogP contribution in [0.25, 0.3) is 0 Å². The number of likely N-dealkylation sites (tertiary alicyclic amines) is 1. The minimum atomic E-state index is -0.385. The predicted molar refractivity (Wildman–Crippen MR) is 135 cm³/mol. The molecular weight excluding hydrogens is 410 g/mol. The molecule has 1 saturated heterocycles. The molecule has 4 rings (SSSR count). The van der Waals surface area contributed by atoms with Crippen LogP contribution in [0.1, 0.15) is 91.9 Å². The zero-order valence-corrected chi connectivity index (χ0v) is 21.9. The molecule has 3 aliphatic carbocycles. The number of aliphatic hydroxyl groups excluding tert-OH is 2. The number of allylic oxidation sites excluding steroid dienone is 3. The van der Waals surface area contributed by atoms with E-state index in [9.17, 15) is 10.2 Å². The van der Waals surface area contributed by atoms with Crippen molar-refractivity contribution in [2.75, 3.05) is 20.2 Å². The zero-order chi connectivity index (χ0) is 23.8. The van der Waals surface area contributed by atoms with Crippen molar-refractivity contribution in [2.45, 2.75) is 116 Å². The Balaban J connectivity index is 1.45. The van der Waals surface area contributed by atoms with Gasteiger partial charge in [0.2, 0.25) is 0 Å². The number of ether oxygens (including phenoxy) is 1. The minimum absolute atomic E-state index is 0.0765. The van der Waals surface area contributed by atoms with E-state index in [1.807, 2.05) is 7.11 Å². The van der Waals surface area contributed by atoms with E-state index in [0.717, 1.165) is 18.8 Å². The Kier molecular flexibility index (Phi) is 7.80. The highest BCUT2D eigenvalue weighted by Crippen LogP contribution is 2.59. The highest BCUT2D eigenvalue weighted by atomic mass is 16.5. The molecule has 0 amide bonds. The third-order valence-electron chi connectivity index (χ3n) is 10.0. The molecule has 3 saturated carbocycles. The van der Waals surface area contributed by atoms with E-state index in [1.165, 1.54) is 63.6 Å². The summed E-state index contributed by atoms with van der Waals surface area (Å²) in [6.07, 6.45) is 14.9. The summed E-state index contributed by atoms with van der Waals surface area (Å²) in [4.78, 5) is 2.73. The lowest BCUT2D eigenvalue weighted by Crippen LogP contribution is -2.49. The van der Waals surface area contributed by atoms with E-state index in [2.05, 4.69) is 44.7 Å². The van der Waals surface area contributed by atoms with Crippen molar-refractivity contribution in [1.82, 2.24) is 4.90 Å². The molecule has 1 unspecified atom stereocenters. The van der Waals surface area contributed by atoms with Crippen molar-refractivity contribution < 1.29 is 14.9 Å². The second-order valence-corrected chi connectivity index (χ2v) is 12.6. The summed E-state index contributed by atoms with van der Waals surface area (Å²) < 4.78 is 5.88. The minimum Gasteiger partial charge on any atom is -0.393 e. The summed E-state index contributed by atoms with van der Waals surface area (Å²) in [5.41, 5.74) is 3.16. The molecule has 4 nitrogen and oxygen atoms in total. The van der Waals surface area contributed by atoms with Gasteiger partial charge in [-0.3, -0.25) is 4.90 Å². The molecule has 33 heavy (non-hydrogen) atoms. The predicted octanol–water partition coefficient (Wildman–Crippen LogP) is 5.49. The molecule has 0 bridgehead atoms. The molecule has 1 heterocycles. The number of hydrogen-bond acceptors (Lipinski definition) is 4. The highest BCUT2D eigenvalue weighted by Gasteiger charge is 2.51. The Morgan fingerprint density at radius 2 is 1.85 bits per heavy atom. The average Bonchev–Trinajstić information content (AvgIpc) is 3.36. The molecule has 4 heteroatoms. The van der Waals surface area contributed by atoms with E-state index >= 15 is 0 Å². The van der Waals surface area contributed by atoms with Gasteiger partial charge in [-0.25, -0.2) is 0 Å². The number of rotatable bonds is 6. The van der Waals surface area contributed by atoms with Crippen molar-refractivity contribution in [3.63, 3.8) is 0 Å². The summed E-state index contributed by atoms with van der Waals surface area (Å²) in [7, 11) is 1.86. The van der Waals surface area contributed by atoms with Gasteiger partial charge in [0, 0.05) is 19.7 Å². The number of hydrogen-bond donors (Lipinski definition) is 2. The number of methoxy groups -OCH3 is 1. The summed E-state index contributed by atoms with van der Waals surface area (Å²) in [6, 6.07) is 0.532. The van der Waals surface area contributed by atoms with Crippen LogP contribution < -0.4 is 0 Å². The van der Waals surface area contributed by atoms with Crippen LogP contribution in [-0.2, 0) is 4.74 Å². The Bertz CT molecular complexity index is 731. The summed E-state index contributed by atoms with van der Waals surface area (Å²) in [5.74, 6) is 2.18. The molecule has 188 valence electrons. The van der Waals surface area contributed by atoms with Gasteiger partial charge in [-0.2, -0.15) is 0 Å². The van der Waals surface area contributed by atoms with Crippen LogP contribution >= 0.6 is 0 Å². The Morgan fingerprint density at radius 1 is 1.12 bits per heavy atom. The fraction of sp³-hybridized carbons (Fsp3) is 0.862. The van der Waals surface area contributed by atoms with Gasteiger partial charge in [-0.15, -0.1) is 0 Å². The average molecular weight is 460 g/mol. The van der Waals surface area contributed by atoms with E-state index < -0.39 is 0 Å². The first kappa shape index (κ1) is 25.4. The second-order valence-electron chi connectivity index (χ2n) is 12.6. The lowest BCUT2D eigenvalue weighted by molar-refractivity contribution is -0.0469. The van der Waals surface area contributed by atoms with Gasteiger partial charge in [0.25, 0.3) is 0 Å². The summed E-state index contributed by atoms with van der Waals surface area (Å²) >= 11 is 0. The van der Waals surface area contributed by atoms with Crippen LogP contribution in [0.2, 0.25) is 0 Å². The Hall–Kier alpha value is -0.680. The molecule has 2 N–H and O–H groups in total. The van der Waals surface area contributed by atoms with Gasteiger partial charge >= 0.3 is 0 Å². The second kappa shape index (κ2) is 10.1. The quantitative estimate of drug-likeness (QED) is 0.552. The number of fused-ring (bicyclic) bond motifs is 1. The lowest BCUT2D eigenvalue weighted by Gasteiger charge is -2.46. The molecule has 0 aromatic carbocycles. The van der Waals surface area contributed by atoms with Crippen molar-refractivity contribution in [2.24, 2.45) is 23.2 Å². The summed E-state index contributed by atoms with van der Waals surface area (Å²) in [6.45, 7) is 12.0.